The standard InChI is InChI=1S/C16H23NO3Si/c1-16(2,3)21(4,5)20-15(19)8-11-10-17-14-7-6-12(18)9-13(11)14/h6-7,9-10,17-18H,8H2,1-5H3. The third kappa shape index (κ3) is 3.29. The molecule has 2 aromatic rings. The largest absolute Gasteiger partial charge is 0.519 e. The molecule has 0 aliphatic heterocycles. The van der Waals surface area contributed by atoms with E-state index in [1.165, 1.54) is 0 Å². The molecule has 1 heterocycles. The van der Waals surface area contributed by atoms with Crippen molar-refractivity contribution in [2.75, 3.05) is 0 Å². The van der Waals surface area contributed by atoms with Crippen molar-refractivity contribution in [1.29, 1.82) is 0 Å². The normalized spacial score (nSPS) is 12.6. The summed E-state index contributed by atoms with van der Waals surface area (Å²) in [6, 6.07) is 5.09. The summed E-state index contributed by atoms with van der Waals surface area (Å²) in [6.45, 7) is 10.4. The Hall–Kier alpha value is -1.75. The molecule has 0 aliphatic rings. The first-order chi connectivity index (χ1) is 9.60. The highest BCUT2D eigenvalue weighted by molar-refractivity contribution is 6.75. The van der Waals surface area contributed by atoms with E-state index in [2.05, 4.69) is 38.8 Å². The van der Waals surface area contributed by atoms with Gasteiger partial charge in [0.05, 0.1) is 6.42 Å². The van der Waals surface area contributed by atoms with Crippen LogP contribution in [0.2, 0.25) is 18.1 Å². The minimum Gasteiger partial charge on any atom is -0.519 e. The number of fused-ring (bicyclic) bond motifs is 1. The van der Waals surface area contributed by atoms with Crippen LogP contribution in [0.5, 0.6) is 5.75 Å². The van der Waals surface area contributed by atoms with Crippen molar-refractivity contribution < 1.29 is 14.3 Å². The van der Waals surface area contributed by atoms with Crippen molar-refractivity contribution in [3.8, 4) is 5.75 Å². The molecule has 0 unspecified atom stereocenters. The molecule has 0 bridgehead atoms. The summed E-state index contributed by atoms with van der Waals surface area (Å²) in [5.74, 6) is -0.00746. The van der Waals surface area contributed by atoms with E-state index < -0.39 is 8.32 Å². The molecule has 0 aliphatic carbocycles. The summed E-state index contributed by atoms with van der Waals surface area (Å²) in [5.41, 5.74) is 1.76. The third-order valence-electron chi connectivity index (χ3n) is 4.26. The fraction of sp³-hybridized carbons (Fsp3) is 0.438. The van der Waals surface area contributed by atoms with Gasteiger partial charge in [0.15, 0.2) is 0 Å². The Balaban J connectivity index is 2.17. The van der Waals surface area contributed by atoms with Crippen LogP contribution in [-0.4, -0.2) is 24.4 Å². The number of aromatic amines is 1. The van der Waals surface area contributed by atoms with Crippen LogP contribution in [0.3, 0.4) is 0 Å². The van der Waals surface area contributed by atoms with Gasteiger partial charge in [0.25, 0.3) is 14.3 Å². The lowest BCUT2D eigenvalue weighted by Crippen LogP contribution is -2.42. The maximum atomic E-state index is 12.2. The number of phenolic OH excluding ortho intramolecular Hbond substituents is 1. The van der Waals surface area contributed by atoms with Crippen molar-refractivity contribution in [2.24, 2.45) is 0 Å². The van der Waals surface area contributed by atoms with Crippen LogP contribution in [0.25, 0.3) is 10.9 Å². The summed E-state index contributed by atoms with van der Waals surface area (Å²) in [7, 11) is -2.09. The van der Waals surface area contributed by atoms with E-state index in [0.29, 0.717) is 0 Å². The van der Waals surface area contributed by atoms with E-state index in [4.69, 9.17) is 4.43 Å². The quantitative estimate of drug-likeness (QED) is 0.844. The first kappa shape index (κ1) is 15.6. The zero-order valence-corrected chi connectivity index (χ0v) is 14.3. The maximum Gasteiger partial charge on any atom is 0.297 e. The van der Waals surface area contributed by atoms with Crippen molar-refractivity contribution >= 4 is 25.2 Å². The summed E-state index contributed by atoms with van der Waals surface area (Å²) < 4.78 is 5.78. The molecule has 2 N–H and O–H groups in total. The van der Waals surface area contributed by atoms with E-state index in [9.17, 15) is 9.90 Å². The molecule has 1 aromatic carbocycles. The van der Waals surface area contributed by atoms with Crippen LogP contribution in [0, 0.1) is 0 Å². The molecular weight excluding hydrogens is 282 g/mol. The van der Waals surface area contributed by atoms with Gasteiger partial charge in [-0.25, -0.2) is 0 Å². The maximum absolute atomic E-state index is 12.2. The predicted octanol–water partition coefficient (Wildman–Crippen LogP) is 3.96. The highest BCUT2D eigenvalue weighted by atomic mass is 28.4. The zero-order valence-electron chi connectivity index (χ0n) is 13.3. The van der Waals surface area contributed by atoms with Gasteiger partial charge in [0.1, 0.15) is 5.75 Å². The Kier molecular flexibility index (Phi) is 3.89. The molecule has 0 amide bonds. The number of aromatic hydroxyl groups is 1. The minimum atomic E-state index is -2.09. The number of aromatic nitrogens is 1. The molecule has 0 atom stereocenters. The fourth-order valence-corrected chi connectivity index (χ4v) is 2.89. The second kappa shape index (κ2) is 5.22. The lowest BCUT2D eigenvalue weighted by Gasteiger charge is -2.35. The van der Waals surface area contributed by atoms with Crippen LogP contribution in [0.1, 0.15) is 26.3 Å². The number of nitrogens with one attached hydrogen (secondary N) is 1. The van der Waals surface area contributed by atoms with Gasteiger partial charge in [-0.05, 0) is 41.9 Å². The molecule has 0 saturated carbocycles. The second-order valence-corrected chi connectivity index (χ2v) is 11.7. The smallest absolute Gasteiger partial charge is 0.297 e. The number of carbonyl (C=O) groups is 1. The number of carbonyl (C=O) groups excluding carboxylic acids is 1. The predicted molar refractivity (Wildman–Crippen MR) is 87.0 cm³/mol. The van der Waals surface area contributed by atoms with Gasteiger partial charge in [0.2, 0.25) is 0 Å². The van der Waals surface area contributed by atoms with Crippen LogP contribution in [0.15, 0.2) is 24.4 Å². The van der Waals surface area contributed by atoms with Gasteiger partial charge in [-0.2, -0.15) is 0 Å². The molecule has 5 heteroatoms. The molecule has 0 spiro atoms. The van der Waals surface area contributed by atoms with E-state index >= 15 is 0 Å². The van der Waals surface area contributed by atoms with E-state index in [-0.39, 0.29) is 23.2 Å². The van der Waals surface area contributed by atoms with Crippen molar-refractivity contribution in [3.05, 3.63) is 30.0 Å². The fourth-order valence-electron chi connectivity index (χ4n) is 1.94. The van der Waals surface area contributed by atoms with Gasteiger partial charge >= 0.3 is 0 Å². The third-order valence-corrected chi connectivity index (χ3v) is 8.61. The van der Waals surface area contributed by atoms with Crippen molar-refractivity contribution in [1.82, 2.24) is 4.98 Å². The van der Waals surface area contributed by atoms with Gasteiger partial charge in [-0.1, -0.05) is 20.8 Å². The van der Waals surface area contributed by atoms with Gasteiger partial charge in [-0.3, -0.25) is 4.79 Å². The number of hydrogen-bond donors (Lipinski definition) is 2. The van der Waals surface area contributed by atoms with Crippen LogP contribution < -0.4 is 0 Å². The van der Waals surface area contributed by atoms with Crippen molar-refractivity contribution in [3.63, 3.8) is 0 Å². The molecule has 114 valence electrons. The Morgan fingerprint density at radius 3 is 2.62 bits per heavy atom. The molecule has 1 aromatic heterocycles. The van der Waals surface area contributed by atoms with Crippen LogP contribution >= 0.6 is 0 Å². The highest BCUT2D eigenvalue weighted by Crippen LogP contribution is 2.37. The molecule has 0 fully saturated rings. The zero-order chi connectivity index (χ0) is 15.8. The number of phenols is 1. The lowest BCUT2D eigenvalue weighted by atomic mass is 10.1. The van der Waals surface area contributed by atoms with E-state index in [1.54, 1.807) is 24.4 Å². The first-order valence-corrected chi connectivity index (χ1v) is 10.0. The average Bonchev–Trinajstić information content (AvgIpc) is 2.69. The SMILES string of the molecule is CC(C)(C)[Si](C)(C)OC(=O)Cc1c[nH]c2ccc(O)cc12. The summed E-state index contributed by atoms with van der Waals surface area (Å²) in [6.07, 6.45) is 2.02. The topological polar surface area (TPSA) is 62.3 Å². The van der Waals surface area contributed by atoms with Gasteiger partial charge in [-0.15, -0.1) is 0 Å². The number of H-pyrrole nitrogens is 1. The molecule has 2 rings (SSSR count). The summed E-state index contributed by atoms with van der Waals surface area (Å²) in [4.78, 5) is 15.3. The Morgan fingerprint density at radius 2 is 2.00 bits per heavy atom. The molecular formula is C16H23NO3Si. The molecule has 0 radical (unpaired) electrons. The average molecular weight is 305 g/mol. The van der Waals surface area contributed by atoms with E-state index in [1.807, 2.05) is 0 Å². The second-order valence-electron chi connectivity index (χ2n) is 6.95. The summed E-state index contributed by atoms with van der Waals surface area (Å²) >= 11 is 0. The number of benzene rings is 1. The minimum absolute atomic E-state index is 0.00113. The number of rotatable bonds is 3. The monoisotopic (exact) mass is 305 g/mol. The molecule has 4 nitrogen and oxygen atoms in total. The highest BCUT2D eigenvalue weighted by Gasteiger charge is 2.40. The van der Waals surface area contributed by atoms with Gasteiger partial charge < -0.3 is 14.5 Å². The Labute approximate surface area is 126 Å². The Bertz CT molecular complexity index is 668. The first-order valence-electron chi connectivity index (χ1n) is 7.11. The van der Waals surface area contributed by atoms with Gasteiger partial charge in [0, 0.05) is 17.1 Å². The number of hydrogen-bond acceptors (Lipinski definition) is 3. The van der Waals surface area contributed by atoms with Crippen molar-refractivity contribution in [2.45, 2.75) is 45.3 Å². The molecule has 21 heavy (non-hydrogen) atoms. The van der Waals surface area contributed by atoms with Crippen LogP contribution in [-0.2, 0) is 15.6 Å². The molecule has 0 saturated heterocycles. The van der Waals surface area contributed by atoms with E-state index in [0.717, 1.165) is 16.5 Å². The van der Waals surface area contributed by atoms with Crippen LogP contribution in [0.4, 0.5) is 0 Å². The lowest BCUT2D eigenvalue weighted by molar-refractivity contribution is -0.134. The Morgan fingerprint density at radius 1 is 1.33 bits per heavy atom. The summed E-state index contributed by atoms with van der Waals surface area (Å²) in [5, 5.41) is 10.4.